The Morgan fingerprint density at radius 1 is 1.05 bits per heavy atom. The molecular weight excluding hydrogens is 250 g/mol. The maximum atomic E-state index is 11.7. The van der Waals surface area contributed by atoms with E-state index < -0.39 is 5.97 Å². The summed E-state index contributed by atoms with van der Waals surface area (Å²) in [5.74, 6) is -0.666. The fraction of sp³-hybridized carbons (Fsp3) is 0.824. The van der Waals surface area contributed by atoms with Gasteiger partial charge in [-0.05, 0) is 32.1 Å². The smallest absolute Gasteiger partial charge is 0.321 e. The lowest BCUT2D eigenvalue weighted by atomic mass is 9.87. The van der Waals surface area contributed by atoms with Gasteiger partial charge in [0.2, 0.25) is 0 Å². The van der Waals surface area contributed by atoms with E-state index in [0.29, 0.717) is 18.5 Å². The molecule has 0 aliphatic heterocycles. The zero-order valence-electron chi connectivity index (χ0n) is 12.6. The molecule has 0 radical (unpaired) electrons. The lowest BCUT2D eigenvalue weighted by Gasteiger charge is -2.44. The van der Waals surface area contributed by atoms with E-state index >= 15 is 0 Å². The molecule has 0 aromatic rings. The molecule has 0 amide bonds. The Balaban J connectivity index is 2.15. The Morgan fingerprint density at radius 2 is 1.50 bits per heavy atom. The number of carbonyl (C=O) groups is 1. The third kappa shape index (κ3) is 3.85. The van der Waals surface area contributed by atoms with Crippen molar-refractivity contribution in [2.45, 2.75) is 88.8 Å². The largest absolute Gasteiger partial charge is 0.480 e. The molecule has 114 valence electrons. The molecule has 1 N–H and O–H groups in total. The van der Waals surface area contributed by atoms with Gasteiger partial charge in [0.05, 0.1) is 0 Å². The number of hydrogen-bond acceptors (Lipinski definition) is 2. The first kappa shape index (κ1) is 15.6. The van der Waals surface area contributed by atoms with Crippen LogP contribution in [0.4, 0.5) is 0 Å². The molecule has 0 heterocycles. The van der Waals surface area contributed by atoms with Gasteiger partial charge in [-0.25, -0.2) is 0 Å². The first-order valence-corrected chi connectivity index (χ1v) is 8.35. The van der Waals surface area contributed by atoms with Crippen LogP contribution in [0.3, 0.4) is 0 Å². The molecule has 2 saturated carbocycles. The highest BCUT2D eigenvalue weighted by Crippen LogP contribution is 2.32. The molecule has 2 aliphatic carbocycles. The van der Waals surface area contributed by atoms with E-state index in [4.69, 9.17) is 0 Å². The lowest BCUT2D eigenvalue weighted by Crippen LogP contribution is -2.53. The van der Waals surface area contributed by atoms with Gasteiger partial charge in [0.25, 0.3) is 0 Å². The van der Waals surface area contributed by atoms with Crippen LogP contribution < -0.4 is 0 Å². The van der Waals surface area contributed by atoms with Crippen molar-refractivity contribution in [2.75, 3.05) is 0 Å². The maximum absolute atomic E-state index is 11.7. The minimum absolute atomic E-state index is 0.362. The average Bonchev–Trinajstić information content (AvgIpc) is 2.49. The number of carboxylic acids is 1. The van der Waals surface area contributed by atoms with Crippen molar-refractivity contribution in [3.8, 4) is 0 Å². The second-order valence-corrected chi connectivity index (χ2v) is 6.41. The molecule has 2 aliphatic rings. The summed E-state index contributed by atoms with van der Waals surface area (Å²) < 4.78 is 0. The third-order valence-electron chi connectivity index (χ3n) is 5.03. The Labute approximate surface area is 123 Å². The molecule has 0 saturated heterocycles. The molecule has 0 bridgehead atoms. The fourth-order valence-electron chi connectivity index (χ4n) is 4.07. The van der Waals surface area contributed by atoms with Crippen molar-refractivity contribution in [1.82, 2.24) is 4.90 Å². The van der Waals surface area contributed by atoms with E-state index in [-0.39, 0.29) is 6.04 Å². The van der Waals surface area contributed by atoms with Gasteiger partial charge in [-0.1, -0.05) is 44.6 Å². The van der Waals surface area contributed by atoms with E-state index in [2.05, 4.69) is 11.5 Å². The van der Waals surface area contributed by atoms with Gasteiger partial charge >= 0.3 is 5.97 Å². The van der Waals surface area contributed by atoms with E-state index in [1.165, 1.54) is 64.2 Å². The topological polar surface area (TPSA) is 40.5 Å². The number of aliphatic carboxylic acids is 1. The van der Waals surface area contributed by atoms with Crippen molar-refractivity contribution in [1.29, 1.82) is 0 Å². The quantitative estimate of drug-likeness (QED) is 0.748. The lowest BCUT2D eigenvalue weighted by molar-refractivity contribution is -0.146. The van der Waals surface area contributed by atoms with Gasteiger partial charge in [0, 0.05) is 12.1 Å². The van der Waals surface area contributed by atoms with E-state index in [1.807, 2.05) is 0 Å². The average molecular weight is 279 g/mol. The second kappa shape index (κ2) is 7.82. The molecule has 1 atom stereocenters. The highest BCUT2D eigenvalue weighted by molar-refractivity contribution is 5.73. The molecule has 1 unspecified atom stereocenters. The minimum Gasteiger partial charge on any atom is -0.480 e. The van der Waals surface area contributed by atoms with Gasteiger partial charge in [-0.15, -0.1) is 6.58 Å². The maximum Gasteiger partial charge on any atom is 0.321 e. The monoisotopic (exact) mass is 279 g/mol. The molecule has 0 aromatic carbocycles. The van der Waals surface area contributed by atoms with Crippen molar-refractivity contribution in [3.63, 3.8) is 0 Å². The van der Waals surface area contributed by atoms with Gasteiger partial charge in [0.15, 0.2) is 0 Å². The van der Waals surface area contributed by atoms with Crippen LogP contribution in [0.1, 0.15) is 70.6 Å². The van der Waals surface area contributed by atoms with Gasteiger partial charge in [-0.2, -0.15) is 0 Å². The van der Waals surface area contributed by atoms with Crippen molar-refractivity contribution in [3.05, 3.63) is 12.7 Å². The van der Waals surface area contributed by atoms with Crippen LogP contribution >= 0.6 is 0 Å². The molecule has 3 heteroatoms. The van der Waals surface area contributed by atoms with Crippen molar-refractivity contribution in [2.24, 2.45) is 0 Å². The summed E-state index contributed by atoms with van der Waals surface area (Å²) in [5, 5.41) is 9.65. The molecule has 0 aromatic heterocycles. The third-order valence-corrected chi connectivity index (χ3v) is 5.03. The summed E-state index contributed by atoms with van der Waals surface area (Å²) >= 11 is 0. The fourth-order valence-corrected chi connectivity index (χ4v) is 4.07. The number of hydrogen-bond donors (Lipinski definition) is 1. The Morgan fingerprint density at radius 3 is 1.85 bits per heavy atom. The predicted octanol–water partition coefficient (Wildman–Crippen LogP) is 3.98. The summed E-state index contributed by atoms with van der Waals surface area (Å²) in [7, 11) is 0. The van der Waals surface area contributed by atoms with Gasteiger partial charge < -0.3 is 5.11 Å². The van der Waals surface area contributed by atoms with Crippen LogP contribution in [0.2, 0.25) is 0 Å². The van der Waals surface area contributed by atoms with Gasteiger partial charge in [-0.3, -0.25) is 9.69 Å². The molecule has 20 heavy (non-hydrogen) atoms. The first-order chi connectivity index (χ1) is 9.74. The van der Waals surface area contributed by atoms with E-state index in [0.717, 1.165) is 0 Å². The second-order valence-electron chi connectivity index (χ2n) is 6.41. The first-order valence-electron chi connectivity index (χ1n) is 8.35. The SMILES string of the molecule is C=CCC(C(=O)O)N(C1CCCCC1)C1CCCCC1. The van der Waals surface area contributed by atoms with Crippen LogP contribution in [-0.4, -0.2) is 34.1 Å². The Kier molecular flexibility index (Phi) is 6.08. The predicted molar refractivity (Wildman–Crippen MR) is 81.8 cm³/mol. The Hall–Kier alpha value is -0.830. The minimum atomic E-state index is -0.666. The van der Waals surface area contributed by atoms with Crippen molar-refractivity contribution >= 4 is 5.97 Å². The van der Waals surface area contributed by atoms with E-state index in [9.17, 15) is 9.90 Å². The molecular formula is C17H29NO2. The van der Waals surface area contributed by atoms with Crippen LogP contribution in [0.25, 0.3) is 0 Å². The standard InChI is InChI=1S/C17H29NO2/c1-2-9-16(17(19)20)18(14-10-5-3-6-11-14)15-12-7-4-8-13-15/h2,14-16H,1,3-13H2,(H,19,20). The molecule has 2 rings (SSSR count). The molecule has 3 nitrogen and oxygen atoms in total. The number of nitrogens with zero attached hydrogens (tertiary/aromatic N) is 1. The van der Waals surface area contributed by atoms with E-state index in [1.54, 1.807) is 6.08 Å². The van der Waals surface area contributed by atoms with Gasteiger partial charge in [0.1, 0.15) is 6.04 Å². The van der Waals surface area contributed by atoms with Crippen molar-refractivity contribution < 1.29 is 9.90 Å². The summed E-state index contributed by atoms with van der Waals surface area (Å²) in [6.07, 6.45) is 14.7. The number of rotatable bonds is 6. The summed E-state index contributed by atoms with van der Waals surface area (Å²) in [6.45, 7) is 3.77. The number of carboxylic acid groups (broad SMARTS) is 1. The Bertz CT molecular complexity index is 299. The zero-order valence-corrected chi connectivity index (χ0v) is 12.6. The van der Waals surface area contributed by atoms with Crippen LogP contribution in [0, 0.1) is 0 Å². The summed E-state index contributed by atoms with van der Waals surface area (Å²) in [5.41, 5.74) is 0. The summed E-state index contributed by atoms with van der Waals surface area (Å²) in [4.78, 5) is 14.1. The molecule has 0 spiro atoms. The van der Waals surface area contributed by atoms with Crippen LogP contribution in [0.5, 0.6) is 0 Å². The molecule has 2 fully saturated rings. The summed E-state index contributed by atoms with van der Waals surface area (Å²) in [6, 6.07) is 0.597. The van der Waals surface area contributed by atoms with Crippen LogP contribution in [0.15, 0.2) is 12.7 Å². The highest BCUT2D eigenvalue weighted by atomic mass is 16.4. The highest BCUT2D eigenvalue weighted by Gasteiger charge is 2.36. The van der Waals surface area contributed by atoms with Crippen LogP contribution in [-0.2, 0) is 4.79 Å². The zero-order chi connectivity index (χ0) is 14.4. The normalized spacial score (nSPS) is 23.6.